The van der Waals surface area contributed by atoms with Crippen LogP contribution in [0.5, 0.6) is 5.75 Å². The van der Waals surface area contributed by atoms with Crippen LogP contribution >= 0.6 is 0 Å². The van der Waals surface area contributed by atoms with Crippen LogP contribution in [-0.4, -0.2) is 22.4 Å². The third-order valence-corrected chi connectivity index (χ3v) is 5.10. The highest BCUT2D eigenvalue weighted by atomic mass is 16.6. The number of benzene rings is 4. The fraction of sp³-hybridized carbons (Fsp3) is 0.0400. The molecule has 0 saturated heterocycles. The average molecular weight is 439 g/mol. The number of nitro benzene ring substituents is 1. The van der Waals surface area contributed by atoms with Gasteiger partial charge < -0.3 is 14.5 Å². The molecule has 0 aliphatic rings. The predicted octanol–water partition coefficient (Wildman–Crippen LogP) is 5.57. The summed E-state index contributed by atoms with van der Waals surface area (Å²) in [4.78, 5) is 27.4. The summed E-state index contributed by atoms with van der Waals surface area (Å²) in [7, 11) is 0. The minimum absolute atomic E-state index is 0.0743. The molecule has 1 amide bonds. The number of ether oxygens (including phenoxy) is 1. The molecule has 33 heavy (non-hydrogen) atoms. The molecule has 0 saturated carbocycles. The monoisotopic (exact) mass is 439 g/mol. The number of fused-ring (bicyclic) bond motifs is 2. The number of hydrogen-bond acceptors (Lipinski definition) is 6. The van der Waals surface area contributed by atoms with Crippen molar-refractivity contribution in [1.82, 2.24) is 4.98 Å². The van der Waals surface area contributed by atoms with Crippen LogP contribution in [0, 0.1) is 10.1 Å². The Labute approximate surface area is 187 Å². The van der Waals surface area contributed by atoms with Gasteiger partial charge in [-0.15, -0.1) is 0 Å². The van der Waals surface area contributed by atoms with E-state index >= 15 is 0 Å². The molecule has 0 spiro atoms. The van der Waals surface area contributed by atoms with Crippen LogP contribution in [0.2, 0.25) is 0 Å². The summed E-state index contributed by atoms with van der Waals surface area (Å²) in [5.74, 6) is 0.497. The molecule has 8 heteroatoms. The lowest BCUT2D eigenvalue weighted by Crippen LogP contribution is -2.20. The fourth-order valence-corrected chi connectivity index (χ4v) is 3.52. The standard InChI is InChI=1S/C25H17N3O5/c29-24(15-32-19-11-9-16-5-1-2-6-17(16)13-19)26-21-8-4-3-7-20(21)25-27-22-14-18(28(30)31)10-12-23(22)33-25/h1-14H,15H2,(H,26,29). The lowest BCUT2D eigenvalue weighted by molar-refractivity contribution is -0.384. The molecular formula is C25H17N3O5. The Kier molecular flexibility index (Phi) is 5.16. The van der Waals surface area contributed by atoms with Gasteiger partial charge in [-0.05, 0) is 41.1 Å². The molecule has 162 valence electrons. The summed E-state index contributed by atoms with van der Waals surface area (Å²) >= 11 is 0. The molecule has 1 aromatic heterocycles. The zero-order chi connectivity index (χ0) is 22.8. The Bertz CT molecular complexity index is 1510. The summed E-state index contributed by atoms with van der Waals surface area (Å²) in [6.07, 6.45) is 0. The van der Waals surface area contributed by atoms with Gasteiger partial charge in [0, 0.05) is 12.1 Å². The van der Waals surface area contributed by atoms with Gasteiger partial charge in [-0.3, -0.25) is 14.9 Å². The van der Waals surface area contributed by atoms with E-state index in [1.54, 1.807) is 24.3 Å². The van der Waals surface area contributed by atoms with Crippen LogP contribution in [0.25, 0.3) is 33.3 Å². The molecule has 8 nitrogen and oxygen atoms in total. The number of nitrogens with zero attached hydrogens (tertiary/aromatic N) is 2. The molecule has 0 bridgehead atoms. The van der Waals surface area contributed by atoms with Gasteiger partial charge in [-0.2, -0.15) is 0 Å². The second-order valence-electron chi connectivity index (χ2n) is 7.32. The van der Waals surface area contributed by atoms with E-state index in [9.17, 15) is 14.9 Å². The van der Waals surface area contributed by atoms with Crippen molar-refractivity contribution in [3.8, 4) is 17.2 Å². The topological polar surface area (TPSA) is 108 Å². The number of non-ortho nitro benzene ring substituents is 1. The minimum atomic E-state index is -0.489. The summed E-state index contributed by atoms with van der Waals surface area (Å²) in [5, 5.41) is 15.9. The highest BCUT2D eigenvalue weighted by molar-refractivity contribution is 5.96. The van der Waals surface area contributed by atoms with Gasteiger partial charge in [0.25, 0.3) is 11.6 Å². The lowest BCUT2D eigenvalue weighted by Gasteiger charge is -2.10. The fourth-order valence-electron chi connectivity index (χ4n) is 3.52. The number of carbonyl (C=O) groups excluding carboxylic acids is 1. The van der Waals surface area contributed by atoms with Crippen molar-refractivity contribution in [2.45, 2.75) is 0 Å². The molecule has 0 unspecified atom stereocenters. The number of anilines is 1. The number of para-hydroxylation sites is 1. The van der Waals surface area contributed by atoms with E-state index in [1.165, 1.54) is 18.2 Å². The van der Waals surface area contributed by atoms with Crippen LogP contribution in [0.1, 0.15) is 0 Å². The maximum Gasteiger partial charge on any atom is 0.271 e. The molecule has 0 aliphatic heterocycles. The lowest BCUT2D eigenvalue weighted by atomic mass is 10.1. The maximum absolute atomic E-state index is 12.6. The first-order valence-electron chi connectivity index (χ1n) is 10.1. The van der Waals surface area contributed by atoms with Crippen LogP contribution in [-0.2, 0) is 4.79 Å². The van der Waals surface area contributed by atoms with E-state index in [-0.39, 0.29) is 24.1 Å². The van der Waals surface area contributed by atoms with Crippen LogP contribution < -0.4 is 10.1 Å². The first kappa shape index (κ1) is 20.2. The van der Waals surface area contributed by atoms with Gasteiger partial charge >= 0.3 is 0 Å². The highest BCUT2D eigenvalue weighted by Crippen LogP contribution is 2.31. The van der Waals surface area contributed by atoms with Gasteiger partial charge in [-0.25, -0.2) is 4.98 Å². The minimum Gasteiger partial charge on any atom is -0.484 e. The Morgan fingerprint density at radius 2 is 1.76 bits per heavy atom. The first-order valence-corrected chi connectivity index (χ1v) is 10.1. The second kappa shape index (κ2) is 8.43. The Balaban J connectivity index is 1.33. The van der Waals surface area contributed by atoms with E-state index in [1.807, 2.05) is 42.5 Å². The number of carbonyl (C=O) groups is 1. The van der Waals surface area contributed by atoms with Crippen molar-refractivity contribution >= 4 is 39.2 Å². The summed E-state index contributed by atoms with van der Waals surface area (Å²) < 4.78 is 11.4. The maximum atomic E-state index is 12.6. The smallest absolute Gasteiger partial charge is 0.271 e. The molecule has 0 atom stereocenters. The molecule has 5 aromatic rings. The van der Waals surface area contributed by atoms with Crippen LogP contribution in [0.15, 0.2) is 89.3 Å². The van der Waals surface area contributed by atoms with Gasteiger partial charge in [0.1, 0.15) is 11.3 Å². The summed E-state index contributed by atoms with van der Waals surface area (Å²) in [5.41, 5.74) is 1.74. The normalized spacial score (nSPS) is 10.9. The number of amides is 1. The zero-order valence-corrected chi connectivity index (χ0v) is 17.2. The van der Waals surface area contributed by atoms with Crippen molar-refractivity contribution in [3.05, 3.63) is 95.0 Å². The largest absolute Gasteiger partial charge is 0.484 e. The molecule has 4 aromatic carbocycles. The number of rotatable bonds is 6. The second-order valence-corrected chi connectivity index (χ2v) is 7.32. The third-order valence-electron chi connectivity index (χ3n) is 5.10. The quantitative estimate of drug-likeness (QED) is 0.274. The number of nitro groups is 1. The van der Waals surface area contributed by atoms with E-state index in [4.69, 9.17) is 9.15 Å². The molecule has 0 aliphatic carbocycles. The molecule has 1 N–H and O–H groups in total. The molecular weight excluding hydrogens is 422 g/mol. The number of nitrogens with one attached hydrogen (secondary N) is 1. The van der Waals surface area contributed by atoms with Crippen molar-refractivity contribution < 1.29 is 18.9 Å². The SMILES string of the molecule is O=C(COc1ccc2ccccc2c1)Nc1ccccc1-c1nc2cc([N+](=O)[O-])ccc2o1. The van der Waals surface area contributed by atoms with Crippen molar-refractivity contribution in [1.29, 1.82) is 0 Å². The van der Waals surface area contributed by atoms with Gasteiger partial charge in [0.05, 0.1) is 16.2 Å². The van der Waals surface area contributed by atoms with Crippen molar-refractivity contribution in [2.24, 2.45) is 0 Å². The van der Waals surface area contributed by atoms with Crippen molar-refractivity contribution in [3.63, 3.8) is 0 Å². The first-order chi connectivity index (χ1) is 16.1. The Morgan fingerprint density at radius 1 is 0.970 bits per heavy atom. The average Bonchev–Trinajstić information content (AvgIpc) is 3.26. The highest BCUT2D eigenvalue weighted by Gasteiger charge is 2.16. The Morgan fingerprint density at radius 3 is 2.61 bits per heavy atom. The third kappa shape index (κ3) is 4.22. The van der Waals surface area contributed by atoms with Crippen LogP contribution in [0.3, 0.4) is 0 Å². The van der Waals surface area contributed by atoms with Gasteiger partial charge in [-0.1, -0.05) is 42.5 Å². The summed E-state index contributed by atoms with van der Waals surface area (Å²) in [6, 6.07) is 24.8. The van der Waals surface area contributed by atoms with E-state index in [0.717, 1.165) is 10.8 Å². The summed E-state index contributed by atoms with van der Waals surface area (Å²) in [6.45, 7) is -0.174. The molecule has 0 fully saturated rings. The zero-order valence-electron chi connectivity index (χ0n) is 17.2. The van der Waals surface area contributed by atoms with Crippen molar-refractivity contribution in [2.75, 3.05) is 11.9 Å². The van der Waals surface area contributed by atoms with E-state index < -0.39 is 4.92 Å². The van der Waals surface area contributed by atoms with Gasteiger partial charge in [0.15, 0.2) is 12.2 Å². The molecule has 1 heterocycles. The van der Waals surface area contributed by atoms with Crippen LogP contribution in [0.4, 0.5) is 11.4 Å². The number of aromatic nitrogens is 1. The van der Waals surface area contributed by atoms with E-state index in [0.29, 0.717) is 28.1 Å². The van der Waals surface area contributed by atoms with Gasteiger partial charge in [0.2, 0.25) is 5.89 Å². The predicted molar refractivity (Wildman–Crippen MR) is 124 cm³/mol. The van der Waals surface area contributed by atoms with E-state index in [2.05, 4.69) is 10.3 Å². The number of oxazole rings is 1. The number of hydrogen-bond donors (Lipinski definition) is 1. The Hall–Kier alpha value is -4.72. The molecule has 0 radical (unpaired) electrons. The molecule has 5 rings (SSSR count).